The van der Waals surface area contributed by atoms with Gasteiger partial charge >= 0.3 is 0 Å². The van der Waals surface area contributed by atoms with Crippen molar-refractivity contribution in [1.82, 2.24) is 6.15 Å². The molecule has 0 fully saturated rings. The van der Waals surface area contributed by atoms with Gasteiger partial charge in [0.2, 0.25) is 0 Å². The van der Waals surface area contributed by atoms with Crippen molar-refractivity contribution in [2.24, 2.45) is 0 Å². The molecule has 0 aliphatic heterocycles. The molecule has 0 aromatic heterocycles. The van der Waals surface area contributed by atoms with Gasteiger partial charge < -0.3 is 10.6 Å². The van der Waals surface area contributed by atoms with E-state index in [1.54, 1.807) is 0 Å². The number of quaternary nitrogens is 1. The molecule has 0 heterocycles. The fourth-order valence-corrected chi connectivity index (χ4v) is 1.36. The van der Waals surface area contributed by atoms with Crippen LogP contribution in [0.15, 0.2) is 25.3 Å². The molecule has 0 saturated heterocycles. The maximum absolute atomic E-state index is 3.77. The number of hydrogen-bond donors (Lipinski definition) is 1. The van der Waals surface area contributed by atoms with E-state index in [2.05, 4.69) is 27.0 Å². The molecular weight excluding hydrogens is 275 g/mol. The first-order valence-corrected chi connectivity index (χ1v) is 4.31. The molecular formula is C10H24IN2+. The molecule has 0 aliphatic carbocycles. The molecule has 0 saturated carbocycles. The van der Waals surface area contributed by atoms with Crippen molar-refractivity contribution < 1.29 is 4.48 Å². The topological polar surface area (TPSA) is 35.0 Å². The molecule has 80 valence electrons. The Labute approximate surface area is 99.9 Å². The molecule has 0 radical (unpaired) electrons. The summed E-state index contributed by atoms with van der Waals surface area (Å²) in [5.41, 5.74) is 0. The Kier molecular flexibility index (Phi) is 14.8. The van der Waals surface area contributed by atoms with E-state index in [1.807, 2.05) is 12.2 Å². The second-order valence-electron chi connectivity index (χ2n) is 2.92. The predicted molar refractivity (Wildman–Crippen MR) is 71.9 cm³/mol. The quantitative estimate of drug-likeness (QED) is 0.457. The van der Waals surface area contributed by atoms with Crippen molar-refractivity contribution in [3.8, 4) is 0 Å². The van der Waals surface area contributed by atoms with Crippen molar-refractivity contribution >= 4 is 24.0 Å². The minimum Gasteiger partial charge on any atom is -0.344 e. The molecule has 0 atom stereocenters. The summed E-state index contributed by atoms with van der Waals surface area (Å²) in [5.74, 6) is 0. The fraction of sp³-hybridized carbons (Fsp3) is 0.600. The fourth-order valence-electron chi connectivity index (χ4n) is 1.36. The van der Waals surface area contributed by atoms with Crippen molar-refractivity contribution in [1.29, 1.82) is 0 Å². The Balaban J connectivity index is -0.000000500. The zero-order valence-corrected chi connectivity index (χ0v) is 11.3. The SMILES string of the molecule is C=CC[N+](CC)(CC)CC=C.I.N. The van der Waals surface area contributed by atoms with Gasteiger partial charge in [0.15, 0.2) is 0 Å². The van der Waals surface area contributed by atoms with Gasteiger partial charge in [-0.3, -0.25) is 0 Å². The van der Waals surface area contributed by atoms with Gasteiger partial charge in [-0.05, 0) is 26.0 Å². The van der Waals surface area contributed by atoms with Crippen LogP contribution in [0.5, 0.6) is 0 Å². The molecule has 3 heteroatoms. The van der Waals surface area contributed by atoms with Crippen molar-refractivity contribution in [3.63, 3.8) is 0 Å². The third-order valence-electron chi connectivity index (χ3n) is 2.37. The lowest BCUT2D eigenvalue weighted by Crippen LogP contribution is -2.47. The predicted octanol–water partition coefficient (Wildman–Crippen LogP) is 3.00. The average Bonchev–Trinajstić information content (AvgIpc) is 2.04. The van der Waals surface area contributed by atoms with Crippen LogP contribution in [0.25, 0.3) is 0 Å². The zero-order chi connectivity index (χ0) is 8.74. The molecule has 0 aliphatic rings. The number of rotatable bonds is 6. The number of likely N-dealkylation sites (N-methyl/N-ethyl adjacent to an activating group) is 1. The largest absolute Gasteiger partial charge is 0.344 e. The van der Waals surface area contributed by atoms with Gasteiger partial charge in [0.05, 0.1) is 26.2 Å². The van der Waals surface area contributed by atoms with Crippen LogP contribution in [0.4, 0.5) is 0 Å². The first-order chi connectivity index (χ1) is 5.24. The first kappa shape index (κ1) is 18.8. The van der Waals surface area contributed by atoms with Crippen LogP contribution in [0.3, 0.4) is 0 Å². The second-order valence-corrected chi connectivity index (χ2v) is 2.92. The Morgan fingerprint density at radius 3 is 1.46 bits per heavy atom. The van der Waals surface area contributed by atoms with E-state index >= 15 is 0 Å². The lowest BCUT2D eigenvalue weighted by molar-refractivity contribution is -0.914. The third kappa shape index (κ3) is 6.23. The summed E-state index contributed by atoms with van der Waals surface area (Å²) in [7, 11) is 0. The van der Waals surface area contributed by atoms with Gasteiger partial charge in [-0.25, -0.2) is 0 Å². The molecule has 0 unspecified atom stereocenters. The van der Waals surface area contributed by atoms with Gasteiger partial charge in [-0.1, -0.05) is 13.2 Å². The normalized spacial score (nSPS) is 9.38. The molecule has 2 nitrogen and oxygen atoms in total. The molecule has 0 aromatic rings. The summed E-state index contributed by atoms with van der Waals surface area (Å²) >= 11 is 0. The van der Waals surface area contributed by atoms with Gasteiger partial charge in [0.1, 0.15) is 0 Å². The van der Waals surface area contributed by atoms with E-state index < -0.39 is 0 Å². The highest BCUT2D eigenvalue weighted by atomic mass is 127. The Hall–Kier alpha value is 0.130. The molecule has 3 N–H and O–H groups in total. The minimum absolute atomic E-state index is 0. The van der Waals surface area contributed by atoms with Crippen LogP contribution >= 0.6 is 24.0 Å². The van der Waals surface area contributed by atoms with Gasteiger partial charge in [0.25, 0.3) is 0 Å². The summed E-state index contributed by atoms with van der Waals surface area (Å²) in [6.07, 6.45) is 3.99. The maximum atomic E-state index is 3.77. The van der Waals surface area contributed by atoms with Crippen molar-refractivity contribution in [2.75, 3.05) is 26.2 Å². The Morgan fingerprint density at radius 2 is 1.31 bits per heavy atom. The summed E-state index contributed by atoms with van der Waals surface area (Å²) in [5, 5.41) is 0. The standard InChI is InChI=1S/C10H20N.HI.H3N/c1-5-9-11(7-3,8-4)10-6-2;;/h5-6H,1-2,7-10H2,3-4H3;1H;1H3/q+1;;. The summed E-state index contributed by atoms with van der Waals surface area (Å²) < 4.78 is 1.09. The van der Waals surface area contributed by atoms with E-state index in [0.29, 0.717) is 0 Å². The molecule has 0 spiro atoms. The van der Waals surface area contributed by atoms with Gasteiger partial charge in [0, 0.05) is 0 Å². The Morgan fingerprint density at radius 1 is 1.00 bits per heavy atom. The Bertz CT molecular complexity index is 119. The summed E-state index contributed by atoms with van der Waals surface area (Å²) in [6.45, 7) is 16.4. The lowest BCUT2D eigenvalue weighted by Gasteiger charge is -2.34. The highest BCUT2D eigenvalue weighted by molar-refractivity contribution is 14.0. The van der Waals surface area contributed by atoms with E-state index in [9.17, 15) is 0 Å². The van der Waals surface area contributed by atoms with E-state index in [4.69, 9.17) is 0 Å². The third-order valence-corrected chi connectivity index (χ3v) is 2.37. The average molecular weight is 299 g/mol. The van der Waals surface area contributed by atoms with Crippen LogP contribution in [0.2, 0.25) is 0 Å². The second kappa shape index (κ2) is 10.2. The van der Waals surface area contributed by atoms with Gasteiger partial charge in [-0.2, -0.15) is 0 Å². The van der Waals surface area contributed by atoms with Crippen LogP contribution < -0.4 is 6.15 Å². The number of halogens is 1. The summed E-state index contributed by atoms with van der Waals surface area (Å²) in [4.78, 5) is 0. The first-order valence-electron chi connectivity index (χ1n) is 4.31. The molecule has 0 aromatic carbocycles. The highest BCUT2D eigenvalue weighted by Gasteiger charge is 2.18. The summed E-state index contributed by atoms with van der Waals surface area (Å²) in [6, 6.07) is 0. The maximum Gasteiger partial charge on any atom is 0.0973 e. The van der Waals surface area contributed by atoms with Crippen LogP contribution in [0.1, 0.15) is 13.8 Å². The number of hydrogen-bond acceptors (Lipinski definition) is 1. The van der Waals surface area contributed by atoms with E-state index in [0.717, 1.165) is 30.7 Å². The van der Waals surface area contributed by atoms with E-state index in [1.165, 1.54) is 0 Å². The number of nitrogens with zero attached hydrogens (tertiary/aromatic N) is 1. The van der Waals surface area contributed by atoms with Crippen molar-refractivity contribution in [3.05, 3.63) is 25.3 Å². The molecule has 0 amide bonds. The van der Waals surface area contributed by atoms with Crippen LogP contribution in [-0.4, -0.2) is 30.7 Å². The minimum atomic E-state index is 0. The smallest absolute Gasteiger partial charge is 0.0973 e. The van der Waals surface area contributed by atoms with Gasteiger partial charge in [-0.15, -0.1) is 24.0 Å². The molecule has 0 bridgehead atoms. The van der Waals surface area contributed by atoms with E-state index in [-0.39, 0.29) is 30.1 Å². The monoisotopic (exact) mass is 299 g/mol. The van der Waals surface area contributed by atoms with Crippen LogP contribution in [-0.2, 0) is 0 Å². The van der Waals surface area contributed by atoms with Crippen molar-refractivity contribution in [2.45, 2.75) is 13.8 Å². The zero-order valence-electron chi connectivity index (χ0n) is 8.96. The molecule has 13 heavy (non-hydrogen) atoms. The lowest BCUT2D eigenvalue weighted by atomic mass is 10.3. The highest BCUT2D eigenvalue weighted by Crippen LogP contribution is 2.05. The molecule has 0 rings (SSSR count). The van der Waals surface area contributed by atoms with Crippen LogP contribution in [0, 0.1) is 0 Å².